The maximum absolute atomic E-state index is 12.8. The molecule has 0 bridgehead atoms. The van der Waals surface area contributed by atoms with Crippen molar-refractivity contribution in [3.05, 3.63) is 82.4 Å². The van der Waals surface area contributed by atoms with Crippen LogP contribution in [0.4, 0.5) is 0 Å². The number of aromatic hydroxyl groups is 5. The number of ether oxygens (including phenoxy) is 5. The fourth-order valence-corrected chi connectivity index (χ4v) is 6.41. The first-order valence-corrected chi connectivity index (χ1v) is 17.5. The summed E-state index contributed by atoms with van der Waals surface area (Å²) in [6.45, 7) is -0.654. The van der Waals surface area contributed by atoms with Crippen LogP contribution in [-0.4, -0.2) is 143 Å². The number of phenolic OH excluding ortho intramolecular Hbond substituents is 5. The summed E-state index contributed by atoms with van der Waals surface area (Å²) in [6, 6.07) is 9.97. The average Bonchev–Trinajstić information content (AvgIpc) is 3.19. The molecule has 2 aliphatic heterocycles. The Hall–Kier alpha value is -5.77. The molecule has 0 aromatic heterocycles. The summed E-state index contributed by atoms with van der Waals surface area (Å²) < 4.78 is 26.8. The van der Waals surface area contributed by atoms with E-state index in [-0.39, 0.29) is 17.2 Å². The Kier molecular flexibility index (Phi) is 13.6. The van der Waals surface area contributed by atoms with Crippen LogP contribution in [0.25, 0.3) is 12.2 Å². The molecule has 0 radical (unpaired) electrons. The highest BCUT2D eigenvalue weighted by Gasteiger charge is 2.51. The molecular weight excluding hydrogens is 772 g/mol. The van der Waals surface area contributed by atoms with Crippen LogP contribution in [0.3, 0.4) is 0 Å². The minimum absolute atomic E-state index is 0.00695. The molecule has 58 heavy (non-hydrogen) atoms. The molecule has 2 saturated heterocycles. The van der Waals surface area contributed by atoms with Crippen molar-refractivity contribution in [1.82, 2.24) is 0 Å². The Morgan fingerprint density at radius 3 is 1.52 bits per heavy atom. The van der Waals surface area contributed by atoms with E-state index in [1.165, 1.54) is 61.7 Å². The first-order chi connectivity index (χ1) is 27.4. The van der Waals surface area contributed by atoms with Crippen molar-refractivity contribution in [2.45, 2.75) is 68.0 Å². The molecule has 0 unspecified atom stereocenters. The monoisotopic (exact) mass is 814 g/mol. The Bertz CT molecular complexity index is 2050. The number of Topliss-reactive ketones (excluding diaryl/α,β-unsaturated/α-hetero) is 1. The molecule has 0 aliphatic carbocycles. The average molecular weight is 815 g/mol. The van der Waals surface area contributed by atoms with Crippen molar-refractivity contribution < 1.29 is 94.2 Å². The molecule has 2 heterocycles. The first-order valence-electron chi connectivity index (χ1n) is 17.5. The predicted octanol–water partition coefficient (Wildman–Crippen LogP) is -0.0158. The SMILES string of the molecule is COc1cc(/C=C/C(=O)OC[C@H]2O[C@@H](c3c(O)c(C(C)=O)c(O)c([C@@H]4O[C@H](COC(=O)/C=C/c5ccc(O)cc5)[C@@H](O)[C@H](O)[C@H]4O)c3O)[C@H](O)[C@@H](O)[C@@H]2O)ccc1O. The van der Waals surface area contributed by atoms with Crippen LogP contribution in [0.15, 0.2) is 54.6 Å². The zero-order valence-corrected chi connectivity index (χ0v) is 30.7. The molecule has 3 aromatic carbocycles. The summed E-state index contributed by atoms with van der Waals surface area (Å²) in [7, 11) is 1.33. The number of hydrogen-bond donors (Lipinski definition) is 11. The van der Waals surface area contributed by atoms with E-state index in [0.717, 1.165) is 19.1 Å². The zero-order valence-electron chi connectivity index (χ0n) is 30.7. The molecule has 0 amide bonds. The van der Waals surface area contributed by atoms with E-state index in [1.54, 1.807) is 0 Å². The van der Waals surface area contributed by atoms with E-state index in [0.29, 0.717) is 11.1 Å². The molecule has 0 spiro atoms. The van der Waals surface area contributed by atoms with Gasteiger partial charge in [-0.25, -0.2) is 9.59 Å². The predicted molar refractivity (Wildman–Crippen MR) is 195 cm³/mol. The number of carbonyl (C=O) groups excluding carboxylic acids is 3. The van der Waals surface area contributed by atoms with Gasteiger partial charge in [0.2, 0.25) is 0 Å². The van der Waals surface area contributed by atoms with Crippen molar-refractivity contribution in [2.75, 3.05) is 20.3 Å². The van der Waals surface area contributed by atoms with E-state index in [1.807, 2.05) is 0 Å². The smallest absolute Gasteiger partial charge is 0.330 e. The first kappa shape index (κ1) is 43.4. The normalized spacial score (nSPS) is 27.4. The Morgan fingerprint density at radius 2 is 1.07 bits per heavy atom. The maximum atomic E-state index is 12.8. The third-order valence-corrected chi connectivity index (χ3v) is 9.54. The van der Waals surface area contributed by atoms with Crippen molar-refractivity contribution in [1.29, 1.82) is 0 Å². The lowest BCUT2D eigenvalue weighted by molar-refractivity contribution is -0.236. The topological polar surface area (TPSA) is 320 Å². The number of methoxy groups -OCH3 is 1. The van der Waals surface area contributed by atoms with Crippen molar-refractivity contribution in [3.63, 3.8) is 0 Å². The van der Waals surface area contributed by atoms with Crippen molar-refractivity contribution >= 4 is 29.9 Å². The highest BCUT2D eigenvalue weighted by molar-refractivity contribution is 6.01. The van der Waals surface area contributed by atoms with Crippen LogP contribution < -0.4 is 4.74 Å². The molecule has 3 aromatic rings. The number of phenols is 5. The molecular formula is C39H42O19. The van der Waals surface area contributed by atoms with Gasteiger partial charge >= 0.3 is 11.9 Å². The number of esters is 2. The molecule has 11 N–H and O–H groups in total. The molecule has 10 atom stereocenters. The van der Waals surface area contributed by atoms with Crippen LogP contribution in [0, 0.1) is 0 Å². The summed E-state index contributed by atoms with van der Waals surface area (Å²) in [5, 5.41) is 118. The lowest BCUT2D eigenvalue weighted by Crippen LogP contribution is -2.56. The lowest BCUT2D eigenvalue weighted by atomic mass is 9.84. The summed E-state index contributed by atoms with van der Waals surface area (Å²) in [5.41, 5.74) is -1.70. The summed E-state index contributed by atoms with van der Waals surface area (Å²) in [5.74, 6) is -6.52. The molecule has 2 aliphatic rings. The van der Waals surface area contributed by atoms with E-state index in [2.05, 4.69) is 0 Å². The van der Waals surface area contributed by atoms with Gasteiger partial charge in [0.25, 0.3) is 0 Å². The molecule has 5 rings (SSSR count). The molecule has 2 fully saturated rings. The third kappa shape index (κ3) is 9.17. The fourth-order valence-electron chi connectivity index (χ4n) is 6.41. The minimum atomic E-state index is -2.17. The van der Waals surface area contributed by atoms with Gasteiger partial charge in [0, 0.05) is 12.2 Å². The van der Waals surface area contributed by atoms with E-state index in [4.69, 9.17) is 23.7 Å². The van der Waals surface area contributed by atoms with Gasteiger partial charge in [-0.3, -0.25) is 4.79 Å². The Morgan fingerprint density at radius 1 is 0.621 bits per heavy atom. The number of aliphatic hydroxyl groups is 6. The second kappa shape index (κ2) is 18.2. The zero-order chi connectivity index (χ0) is 42.6. The van der Waals surface area contributed by atoms with Crippen LogP contribution in [0.1, 0.15) is 51.7 Å². The standard InChI is InChI=1S/C39H42O19/c1-16(40)26-31(47)27(38-36(52)34(50)29(45)22(57-38)14-55-24(43)11-6-17-3-8-19(41)9-4-17)33(49)28(32(26)48)39-37(53)35(51)30(46)23(58-39)15-56-25(44)12-7-18-5-10-20(42)21(13-18)54-2/h3-13,22-23,29-30,34-39,41-42,45-53H,14-15H2,1-2H3/b11-6+,12-7+/t22-,23-,29-,30-,34+,35+,36-,37-,38+,39+/m1/s1. The lowest BCUT2D eigenvalue weighted by Gasteiger charge is -2.42. The number of aliphatic hydroxyl groups excluding tert-OH is 6. The summed E-state index contributed by atoms with van der Waals surface area (Å²) in [4.78, 5) is 37.8. The highest BCUT2D eigenvalue weighted by atomic mass is 16.6. The largest absolute Gasteiger partial charge is 0.508 e. The molecule has 19 nitrogen and oxygen atoms in total. The quantitative estimate of drug-likeness (QED) is 0.0650. The second-order valence-corrected chi connectivity index (χ2v) is 13.4. The van der Waals surface area contributed by atoms with Gasteiger partial charge in [-0.2, -0.15) is 0 Å². The fraction of sp³-hybridized carbons (Fsp3) is 0.359. The van der Waals surface area contributed by atoms with Crippen molar-refractivity contribution in [2.24, 2.45) is 0 Å². The summed E-state index contributed by atoms with van der Waals surface area (Å²) in [6.07, 6.45) is -15.1. The van der Waals surface area contributed by atoms with Gasteiger partial charge in [-0.15, -0.1) is 0 Å². The van der Waals surface area contributed by atoms with Gasteiger partial charge in [-0.1, -0.05) is 18.2 Å². The third-order valence-electron chi connectivity index (χ3n) is 9.54. The Labute approximate surface area is 329 Å². The van der Waals surface area contributed by atoms with Gasteiger partial charge in [0.05, 0.1) is 18.2 Å². The van der Waals surface area contributed by atoms with E-state index < -0.39 is 126 Å². The number of carbonyl (C=O) groups is 3. The Balaban J connectivity index is 1.40. The van der Waals surface area contributed by atoms with Crippen LogP contribution in [-0.2, 0) is 28.5 Å². The highest BCUT2D eigenvalue weighted by Crippen LogP contribution is 2.52. The summed E-state index contributed by atoms with van der Waals surface area (Å²) >= 11 is 0. The number of benzene rings is 3. The van der Waals surface area contributed by atoms with Crippen LogP contribution in [0.2, 0.25) is 0 Å². The maximum Gasteiger partial charge on any atom is 0.330 e. The van der Waals surface area contributed by atoms with Crippen LogP contribution in [0.5, 0.6) is 34.5 Å². The van der Waals surface area contributed by atoms with Crippen LogP contribution >= 0.6 is 0 Å². The number of ketones is 1. The van der Waals surface area contributed by atoms with Gasteiger partial charge in [-0.05, 0) is 54.5 Å². The van der Waals surface area contributed by atoms with Gasteiger partial charge in [0.15, 0.2) is 17.3 Å². The van der Waals surface area contributed by atoms with E-state index in [9.17, 15) is 70.6 Å². The van der Waals surface area contributed by atoms with Gasteiger partial charge < -0.3 is 79.9 Å². The second-order valence-electron chi connectivity index (χ2n) is 13.4. The number of hydrogen-bond acceptors (Lipinski definition) is 19. The van der Waals surface area contributed by atoms with Gasteiger partial charge in [0.1, 0.15) is 103 Å². The molecule has 0 saturated carbocycles. The number of rotatable bonds is 12. The minimum Gasteiger partial charge on any atom is -0.508 e. The molecule has 312 valence electrons. The molecule has 19 heteroatoms. The van der Waals surface area contributed by atoms with E-state index >= 15 is 0 Å². The van der Waals surface area contributed by atoms with Crippen molar-refractivity contribution in [3.8, 4) is 34.5 Å².